The van der Waals surface area contributed by atoms with E-state index in [1.165, 1.54) is 0 Å². The van der Waals surface area contributed by atoms with Crippen molar-refractivity contribution < 1.29 is 9.84 Å². The Labute approximate surface area is 113 Å². The SMILES string of the molecule is O[C@H](C#CCOCc1ccccc1)c1ccccc1. The maximum atomic E-state index is 9.81. The fourth-order valence-electron chi connectivity index (χ4n) is 1.65. The maximum Gasteiger partial charge on any atom is 0.140 e. The molecule has 2 nitrogen and oxygen atoms in total. The number of aliphatic hydroxyl groups is 1. The van der Waals surface area contributed by atoms with Crippen LogP contribution in [0.2, 0.25) is 0 Å². The van der Waals surface area contributed by atoms with Gasteiger partial charge in [0.25, 0.3) is 0 Å². The number of hydrogen-bond donors (Lipinski definition) is 1. The van der Waals surface area contributed by atoms with Crippen LogP contribution in [0.15, 0.2) is 60.7 Å². The molecular weight excluding hydrogens is 236 g/mol. The van der Waals surface area contributed by atoms with Crippen molar-refractivity contribution in [3.63, 3.8) is 0 Å². The molecule has 1 atom stereocenters. The number of rotatable bonds is 4. The molecule has 96 valence electrons. The Kier molecular flexibility index (Phi) is 5.18. The Bertz CT molecular complexity index is 538. The highest BCUT2D eigenvalue weighted by molar-refractivity contribution is 5.24. The molecule has 2 aromatic rings. The molecule has 0 saturated carbocycles. The van der Waals surface area contributed by atoms with E-state index in [0.29, 0.717) is 13.2 Å². The van der Waals surface area contributed by atoms with Gasteiger partial charge in [0.1, 0.15) is 12.7 Å². The van der Waals surface area contributed by atoms with Gasteiger partial charge in [-0.1, -0.05) is 72.5 Å². The van der Waals surface area contributed by atoms with E-state index in [4.69, 9.17) is 4.74 Å². The van der Waals surface area contributed by atoms with Crippen molar-refractivity contribution in [3.8, 4) is 11.8 Å². The summed E-state index contributed by atoms with van der Waals surface area (Å²) in [4.78, 5) is 0. The molecule has 2 aromatic carbocycles. The Morgan fingerprint density at radius 3 is 2.26 bits per heavy atom. The third kappa shape index (κ3) is 4.59. The van der Waals surface area contributed by atoms with Crippen molar-refractivity contribution in [2.24, 2.45) is 0 Å². The molecule has 2 rings (SSSR count). The van der Waals surface area contributed by atoms with Crippen molar-refractivity contribution in [2.75, 3.05) is 6.61 Å². The summed E-state index contributed by atoms with van der Waals surface area (Å²) in [5, 5.41) is 9.81. The second kappa shape index (κ2) is 7.38. The first-order valence-electron chi connectivity index (χ1n) is 6.19. The van der Waals surface area contributed by atoms with Gasteiger partial charge in [0.15, 0.2) is 0 Å². The summed E-state index contributed by atoms with van der Waals surface area (Å²) < 4.78 is 5.42. The summed E-state index contributed by atoms with van der Waals surface area (Å²) in [5.41, 5.74) is 1.92. The second-order valence-electron chi connectivity index (χ2n) is 4.11. The van der Waals surface area contributed by atoms with E-state index in [0.717, 1.165) is 11.1 Å². The van der Waals surface area contributed by atoms with Crippen LogP contribution in [-0.2, 0) is 11.3 Å². The van der Waals surface area contributed by atoms with Gasteiger partial charge in [0.2, 0.25) is 0 Å². The smallest absolute Gasteiger partial charge is 0.140 e. The first-order valence-corrected chi connectivity index (χ1v) is 6.19. The van der Waals surface area contributed by atoms with E-state index in [1.54, 1.807) is 0 Å². The standard InChI is InChI=1S/C17H16O2/c18-17(16-10-5-2-6-11-16)12-7-13-19-14-15-8-3-1-4-9-15/h1-6,8-11,17-18H,13-14H2/t17-/m1/s1. The fourth-order valence-corrected chi connectivity index (χ4v) is 1.65. The Hall–Kier alpha value is -2.08. The van der Waals surface area contributed by atoms with E-state index in [1.807, 2.05) is 60.7 Å². The minimum Gasteiger partial charge on any atom is -0.376 e. The number of ether oxygens (including phenoxy) is 1. The van der Waals surface area contributed by atoms with Crippen LogP contribution in [0.25, 0.3) is 0 Å². The lowest BCUT2D eigenvalue weighted by atomic mass is 10.1. The minimum absolute atomic E-state index is 0.318. The van der Waals surface area contributed by atoms with Crippen LogP contribution in [0.3, 0.4) is 0 Å². The van der Waals surface area contributed by atoms with Gasteiger partial charge in [-0.2, -0.15) is 0 Å². The molecular formula is C17H16O2. The lowest BCUT2D eigenvalue weighted by molar-refractivity contribution is 0.153. The van der Waals surface area contributed by atoms with Gasteiger partial charge < -0.3 is 9.84 Å². The predicted octanol–water partition coefficient (Wildman–Crippen LogP) is 2.94. The topological polar surface area (TPSA) is 29.5 Å². The first-order chi connectivity index (χ1) is 9.36. The number of benzene rings is 2. The summed E-state index contributed by atoms with van der Waals surface area (Å²) in [5.74, 6) is 5.60. The van der Waals surface area contributed by atoms with Crippen molar-refractivity contribution in [1.82, 2.24) is 0 Å². The van der Waals surface area contributed by atoms with Crippen LogP contribution in [0, 0.1) is 11.8 Å². The van der Waals surface area contributed by atoms with Gasteiger partial charge in [-0.05, 0) is 11.1 Å². The monoisotopic (exact) mass is 252 g/mol. The minimum atomic E-state index is -0.749. The molecule has 0 aliphatic rings. The predicted molar refractivity (Wildman–Crippen MR) is 75.3 cm³/mol. The van der Waals surface area contributed by atoms with Crippen LogP contribution >= 0.6 is 0 Å². The summed E-state index contributed by atoms with van der Waals surface area (Å²) in [6, 6.07) is 19.3. The third-order valence-electron chi connectivity index (χ3n) is 2.64. The second-order valence-corrected chi connectivity index (χ2v) is 4.11. The van der Waals surface area contributed by atoms with E-state index in [2.05, 4.69) is 11.8 Å². The van der Waals surface area contributed by atoms with Crippen LogP contribution in [0.5, 0.6) is 0 Å². The van der Waals surface area contributed by atoms with Crippen LogP contribution in [0.1, 0.15) is 17.2 Å². The molecule has 19 heavy (non-hydrogen) atoms. The summed E-state index contributed by atoms with van der Waals surface area (Å²) in [7, 11) is 0. The van der Waals surface area contributed by atoms with Crippen LogP contribution < -0.4 is 0 Å². The van der Waals surface area contributed by atoms with E-state index in [9.17, 15) is 5.11 Å². The lowest BCUT2D eigenvalue weighted by Gasteiger charge is -2.02. The molecule has 0 amide bonds. The molecule has 0 saturated heterocycles. The summed E-state index contributed by atoms with van der Waals surface area (Å²) in [6.07, 6.45) is -0.749. The van der Waals surface area contributed by atoms with Gasteiger partial charge >= 0.3 is 0 Å². The van der Waals surface area contributed by atoms with Crippen LogP contribution in [0.4, 0.5) is 0 Å². The molecule has 0 aliphatic carbocycles. The van der Waals surface area contributed by atoms with Gasteiger partial charge in [-0.3, -0.25) is 0 Å². The Morgan fingerprint density at radius 1 is 0.947 bits per heavy atom. The van der Waals surface area contributed by atoms with Crippen molar-refractivity contribution in [3.05, 3.63) is 71.8 Å². The van der Waals surface area contributed by atoms with Gasteiger partial charge in [-0.15, -0.1) is 0 Å². The highest BCUT2D eigenvalue weighted by atomic mass is 16.5. The first kappa shape index (κ1) is 13.4. The number of hydrogen-bond acceptors (Lipinski definition) is 2. The van der Waals surface area contributed by atoms with Gasteiger partial charge in [0, 0.05) is 0 Å². The fraction of sp³-hybridized carbons (Fsp3) is 0.176. The molecule has 0 bridgehead atoms. The summed E-state index contributed by atoms with van der Waals surface area (Å²) in [6.45, 7) is 0.857. The normalized spacial score (nSPS) is 11.4. The van der Waals surface area contributed by atoms with Crippen molar-refractivity contribution in [1.29, 1.82) is 0 Å². The summed E-state index contributed by atoms with van der Waals surface area (Å²) >= 11 is 0. The Morgan fingerprint density at radius 2 is 1.58 bits per heavy atom. The zero-order valence-electron chi connectivity index (χ0n) is 10.6. The molecule has 0 spiro atoms. The quantitative estimate of drug-likeness (QED) is 0.669. The third-order valence-corrected chi connectivity index (χ3v) is 2.64. The highest BCUT2D eigenvalue weighted by Crippen LogP contribution is 2.10. The molecule has 0 aliphatic heterocycles. The van der Waals surface area contributed by atoms with E-state index in [-0.39, 0.29) is 0 Å². The highest BCUT2D eigenvalue weighted by Gasteiger charge is 2.00. The average molecular weight is 252 g/mol. The van der Waals surface area contributed by atoms with Crippen LogP contribution in [-0.4, -0.2) is 11.7 Å². The average Bonchev–Trinajstić information content (AvgIpc) is 2.49. The molecule has 0 heterocycles. The molecule has 1 N–H and O–H groups in total. The maximum absolute atomic E-state index is 9.81. The largest absolute Gasteiger partial charge is 0.376 e. The molecule has 2 heteroatoms. The zero-order valence-corrected chi connectivity index (χ0v) is 10.6. The van der Waals surface area contributed by atoms with E-state index >= 15 is 0 Å². The van der Waals surface area contributed by atoms with Crippen molar-refractivity contribution >= 4 is 0 Å². The van der Waals surface area contributed by atoms with Gasteiger partial charge in [-0.25, -0.2) is 0 Å². The number of aliphatic hydroxyl groups excluding tert-OH is 1. The Balaban J connectivity index is 1.76. The molecule has 0 unspecified atom stereocenters. The van der Waals surface area contributed by atoms with Crippen molar-refractivity contribution in [2.45, 2.75) is 12.7 Å². The van der Waals surface area contributed by atoms with E-state index < -0.39 is 6.10 Å². The zero-order chi connectivity index (χ0) is 13.3. The van der Waals surface area contributed by atoms with Gasteiger partial charge in [0.05, 0.1) is 6.61 Å². The molecule has 0 fully saturated rings. The molecule has 0 aromatic heterocycles. The molecule has 0 radical (unpaired) electrons. The lowest BCUT2D eigenvalue weighted by Crippen LogP contribution is -1.95.